The Morgan fingerprint density at radius 2 is 1.56 bits per heavy atom. The molecule has 8 nitrogen and oxygen atoms in total. The monoisotopic (exact) mass is 435 g/mol. The maximum atomic E-state index is 12.5. The number of esters is 1. The van der Waals surface area contributed by atoms with Crippen molar-refractivity contribution >= 4 is 17.4 Å². The van der Waals surface area contributed by atoms with E-state index in [4.69, 9.17) is 14.2 Å². The van der Waals surface area contributed by atoms with E-state index < -0.39 is 23.3 Å². The molecule has 0 radical (unpaired) electrons. The third-order valence-corrected chi connectivity index (χ3v) is 4.45. The van der Waals surface area contributed by atoms with Gasteiger partial charge in [0.15, 0.2) is 23.9 Å². The zero-order chi connectivity index (χ0) is 22.9. The van der Waals surface area contributed by atoms with Crippen molar-refractivity contribution in [2.45, 2.75) is 13.5 Å². The molecule has 0 N–H and O–H groups in total. The van der Waals surface area contributed by atoms with Gasteiger partial charge in [0.2, 0.25) is 0 Å². The summed E-state index contributed by atoms with van der Waals surface area (Å²) in [6.45, 7) is 2.06. The standard InChI is InChI=1S/C24H21NO7/c1-2-30-22-13-10-19(14-23(22)31-15-17-6-4-3-5-7-17)24(27)32-16-21(26)18-8-11-20(12-9-18)25(28)29/h3-14H,2,15-16H2,1H3. The van der Waals surface area contributed by atoms with Gasteiger partial charge in [-0.2, -0.15) is 0 Å². The Balaban J connectivity index is 1.66. The number of hydrogen-bond acceptors (Lipinski definition) is 7. The summed E-state index contributed by atoms with van der Waals surface area (Å²) in [5.41, 5.74) is 1.24. The maximum absolute atomic E-state index is 12.5. The average Bonchev–Trinajstić information content (AvgIpc) is 2.82. The SMILES string of the molecule is CCOc1ccc(C(=O)OCC(=O)c2ccc([N+](=O)[O-])cc2)cc1OCc1ccccc1. The number of nitrogens with zero attached hydrogens (tertiary/aromatic N) is 1. The van der Waals surface area contributed by atoms with Gasteiger partial charge in [-0.1, -0.05) is 30.3 Å². The molecule has 0 atom stereocenters. The molecule has 32 heavy (non-hydrogen) atoms. The van der Waals surface area contributed by atoms with Crippen LogP contribution in [-0.4, -0.2) is 29.9 Å². The number of rotatable bonds is 10. The van der Waals surface area contributed by atoms with Gasteiger partial charge in [0, 0.05) is 17.7 Å². The molecule has 0 spiro atoms. The first-order valence-electron chi connectivity index (χ1n) is 9.86. The van der Waals surface area contributed by atoms with E-state index in [0.29, 0.717) is 18.1 Å². The topological polar surface area (TPSA) is 105 Å². The quantitative estimate of drug-likeness (QED) is 0.198. The first-order valence-corrected chi connectivity index (χ1v) is 9.86. The molecule has 8 heteroatoms. The van der Waals surface area contributed by atoms with Crippen LogP contribution in [-0.2, 0) is 11.3 Å². The van der Waals surface area contributed by atoms with E-state index in [0.717, 1.165) is 5.56 Å². The molecule has 3 aromatic carbocycles. The molecule has 0 aliphatic rings. The van der Waals surface area contributed by atoms with Crippen LogP contribution < -0.4 is 9.47 Å². The van der Waals surface area contributed by atoms with Gasteiger partial charge in [0.1, 0.15) is 6.61 Å². The van der Waals surface area contributed by atoms with E-state index in [1.165, 1.54) is 36.4 Å². The third-order valence-electron chi connectivity index (χ3n) is 4.45. The van der Waals surface area contributed by atoms with Gasteiger partial charge in [0.25, 0.3) is 5.69 Å². The molecule has 0 saturated carbocycles. The Kier molecular flexibility index (Phi) is 7.53. The molecule has 0 aliphatic carbocycles. The van der Waals surface area contributed by atoms with Crippen LogP contribution in [0.3, 0.4) is 0 Å². The molecule has 164 valence electrons. The Hall–Kier alpha value is -4.20. The van der Waals surface area contributed by atoms with Gasteiger partial charge < -0.3 is 14.2 Å². The van der Waals surface area contributed by atoms with Crippen LogP contribution >= 0.6 is 0 Å². The summed E-state index contributed by atoms with van der Waals surface area (Å²) in [5.74, 6) is -0.304. The number of Topliss-reactive ketones (excluding diaryl/α,β-unsaturated/α-hetero) is 1. The van der Waals surface area contributed by atoms with E-state index >= 15 is 0 Å². The second-order valence-electron chi connectivity index (χ2n) is 6.67. The number of ether oxygens (including phenoxy) is 3. The predicted molar refractivity (Wildman–Crippen MR) is 116 cm³/mol. The van der Waals surface area contributed by atoms with Crippen molar-refractivity contribution in [3.63, 3.8) is 0 Å². The second kappa shape index (κ2) is 10.7. The van der Waals surface area contributed by atoms with Gasteiger partial charge in [-0.05, 0) is 42.8 Å². The number of benzene rings is 3. The first kappa shape index (κ1) is 22.5. The van der Waals surface area contributed by atoms with Crippen molar-refractivity contribution in [1.29, 1.82) is 0 Å². The fourth-order valence-electron chi connectivity index (χ4n) is 2.82. The van der Waals surface area contributed by atoms with E-state index in [1.54, 1.807) is 6.07 Å². The Morgan fingerprint density at radius 3 is 2.22 bits per heavy atom. The third kappa shape index (κ3) is 5.91. The number of carbonyl (C=O) groups excluding carboxylic acids is 2. The highest BCUT2D eigenvalue weighted by atomic mass is 16.6. The van der Waals surface area contributed by atoms with Crippen LogP contribution in [0.5, 0.6) is 11.5 Å². The second-order valence-corrected chi connectivity index (χ2v) is 6.67. The van der Waals surface area contributed by atoms with Crippen LogP contribution in [0.2, 0.25) is 0 Å². The van der Waals surface area contributed by atoms with Gasteiger partial charge in [-0.25, -0.2) is 4.79 Å². The normalized spacial score (nSPS) is 10.3. The number of nitro benzene ring substituents is 1. The summed E-state index contributed by atoms with van der Waals surface area (Å²) in [4.78, 5) is 34.8. The summed E-state index contributed by atoms with van der Waals surface area (Å²) in [5, 5.41) is 10.7. The fourth-order valence-corrected chi connectivity index (χ4v) is 2.82. The Morgan fingerprint density at radius 1 is 0.875 bits per heavy atom. The Labute approximate surface area is 184 Å². The number of ketones is 1. The largest absolute Gasteiger partial charge is 0.490 e. The van der Waals surface area contributed by atoms with Crippen molar-refractivity contribution in [2.75, 3.05) is 13.2 Å². The van der Waals surface area contributed by atoms with Crippen LogP contribution in [0.1, 0.15) is 33.2 Å². The highest BCUT2D eigenvalue weighted by molar-refractivity contribution is 5.99. The van der Waals surface area contributed by atoms with Crippen molar-refractivity contribution in [1.82, 2.24) is 0 Å². The molecule has 0 heterocycles. The van der Waals surface area contributed by atoms with Gasteiger partial charge in [0.05, 0.1) is 17.1 Å². The molecule has 0 aliphatic heterocycles. The molecule has 0 fully saturated rings. The number of hydrogen-bond donors (Lipinski definition) is 0. The van der Waals surface area contributed by atoms with Crippen LogP contribution in [0.25, 0.3) is 0 Å². The minimum atomic E-state index is -0.701. The van der Waals surface area contributed by atoms with Crippen molar-refractivity contribution < 1.29 is 28.7 Å². The molecule has 0 amide bonds. The van der Waals surface area contributed by atoms with Gasteiger partial charge in [-0.15, -0.1) is 0 Å². The summed E-state index contributed by atoms with van der Waals surface area (Å²) in [7, 11) is 0. The summed E-state index contributed by atoms with van der Waals surface area (Å²) in [6, 6.07) is 19.3. The minimum Gasteiger partial charge on any atom is -0.490 e. The summed E-state index contributed by atoms with van der Waals surface area (Å²) < 4.78 is 16.5. The first-order chi connectivity index (χ1) is 15.5. The highest BCUT2D eigenvalue weighted by Crippen LogP contribution is 2.29. The molecule has 0 unspecified atom stereocenters. The molecule has 0 bridgehead atoms. The van der Waals surface area contributed by atoms with Gasteiger partial charge >= 0.3 is 5.97 Å². The number of nitro groups is 1. The van der Waals surface area contributed by atoms with Crippen LogP contribution in [0.4, 0.5) is 5.69 Å². The van der Waals surface area contributed by atoms with Crippen molar-refractivity contribution in [2.24, 2.45) is 0 Å². The van der Waals surface area contributed by atoms with Crippen molar-refractivity contribution in [3.8, 4) is 11.5 Å². The molecule has 3 rings (SSSR count). The van der Waals surface area contributed by atoms with E-state index in [-0.39, 0.29) is 23.4 Å². The number of non-ortho nitro benzene ring substituents is 1. The molecule has 3 aromatic rings. The molecule has 0 aromatic heterocycles. The van der Waals surface area contributed by atoms with E-state index in [1.807, 2.05) is 37.3 Å². The predicted octanol–water partition coefficient (Wildman–Crippen LogP) is 4.61. The molecular weight excluding hydrogens is 414 g/mol. The minimum absolute atomic E-state index is 0.129. The lowest BCUT2D eigenvalue weighted by Gasteiger charge is -2.13. The smallest absolute Gasteiger partial charge is 0.338 e. The zero-order valence-electron chi connectivity index (χ0n) is 17.4. The molecular formula is C24H21NO7. The van der Waals surface area contributed by atoms with Crippen LogP contribution in [0, 0.1) is 10.1 Å². The maximum Gasteiger partial charge on any atom is 0.338 e. The Bertz CT molecular complexity index is 1100. The fraction of sp³-hybridized carbons (Fsp3) is 0.167. The summed E-state index contributed by atoms with van der Waals surface area (Å²) in [6.07, 6.45) is 0. The van der Waals surface area contributed by atoms with Gasteiger partial charge in [-0.3, -0.25) is 14.9 Å². The van der Waals surface area contributed by atoms with E-state index in [2.05, 4.69) is 0 Å². The average molecular weight is 435 g/mol. The lowest BCUT2D eigenvalue weighted by molar-refractivity contribution is -0.384. The molecule has 0 saturated heterocycles. The van der Waals surface area contributed by atoms with Crippen LogP contribution in [0.15, 0.2) is 72.8 Å². The van der Waals surface area contributed by atoms with Crippen molar-refractivity contribution in [3.05, 3.63) is 99.6 Å². The summed E-state index contributed by atoms with van der Waals surface area (Å²) >= 11 is 0. The lowest BCUT2D eigenvalue weighted by Crippen LogP contribution is -2.14. The number of carbonyl (C=O) groups is 2. The van der Waals surface area contributed by atoms with E-state index in [9.17, 15) is 19.7 Å². The zero-order valence-corrected chi connectivity index (χ0v) is 17.4. The highest BCUT2D eigenvalue weighted by Gasteiger charge is 2.16. The lowest BCUT2D eigenvalue weighted by atomic mass is 10.1.